The zero-order valence-corrected chi connectivity index (χ0v) is 17.3. The van der Waals surface area contributed by atoms with E-state index < -0.39 is 0 Å². The quantitative estimate of drug-likeness (QED) is 0.406. The molecule has 0 radical (unpaired) electrons. The molecule has 0 saturated carbocycles. The number of rotatable bonds is 9. The predicted octanol–water partition coefficient (Wildman–Crippen LogP) is 4.80. The van der Waals surface area contributed by atoms with Gasteiger partial charge in [0, 0.05) is 17.2 Å². The highest BCUT2D eigenvalue weighted by atomic mass is 32.2. The number of aromatic nitrogens is 3. The van der Waals surface area contributed by atoms with E-state index in [0.717, 1.165) is 27.3 Å². The van der Waals surface area contributed by atoms with Crippen molar-refractivity contribution in [3.8, 4) is 0 Å². The molecule has 0 spiro atoms. The Morgan fingerprint density at radius 3 is 2.64 bits per heavy atom. The summed E-state index contributed by atoms with van der Waals surface area (Å²) in [6, 6.07) is 18.2. The molecule has 1 heterocycles. The van der Waals surface area contributed by atoms with Gasteiger partial charge < -0.3 is 9.88 Å². The first-order valence-corrected chi connectivity index (χ1v) is 10.8. The molecule has 28 heavy (non-hydrogen) atoms. The van der Waals surface area contributed by atoms with Crippen LogP contribution in [-0.4, -0.2) is 26.4 Å². The number of allylic oxidation sites excluding steroid dienone is 1. The van der Waals surface area contributed by atoms with E-state index in [2.05, 4.69) is 34.2 Å². The molecular formula is C21H22N4OS2. The first-order chi connectivity index (χ1) is 13.7. The second kappa shape index (κ2) is 10.1. The maximum Gasteiger partial charge on any atom is 0.234 e. The molecule has 0 aliphatic heterocycles. The normalized spacial score (nSPS) is 10.6. The lowest BCUT2D eigenvalue weighted by molar-refractivity contribution is -0.113. The van der Waals surface area contributed by atoms with Crippen LogP contribution in [0, 0.1) is 6.92 Å². The Morgan fingerprint density at radius 1 is 1.11 bits per heavy atom. The van der Waals surface area contributed by atoms with E-state index >= 15 is 0 Å². The van der Waals surface area contributed by atoms with Crippen LogP contribution in [0.1, 0.15) is 11.4 Å². The lowest BCUT2D eigenvalue weighted by Gasteiger charge is -2.11. The first-order valence-electron chi connectivity index (χ1n) is 8.86. The number of nitrogens with one attached hydrogen (secondary N) is 1. The third-order valence-electron chi connectivity index (χ3n) is 3.94. The summed E-state index contributed by atoms with van der Waals surface area (Å²) in [6.45, 7) is 6.27. The van der Waals surface area contributed by atoms with Crippen molar-refractivity contribution < 1.29 is 4.79 Å². The van der Waals surface area contributed by atoms with Crippen LogP contribution >= 0.6 is 23.5 Å². The van der Waals surface area contributed by atoms with E-state index in [4.69, 9.17) is 0 Å². The number of anilines is 1. The SMILES string of the molecule is C=CCn1c(C)nnc1SCC(=O)Nc1ccccc1SCc1ccccc1. The minimum atomic E-state index is -0.0661. The minimum Gasteiger partial charge on any atom is -0.324 e. The van der Waals surface area contributed by atoms with Gasteiger partial charge in [0.05, 0.1) is 11.4 Å². The molecule has 1 amide bonds. The van der Waals surface area contributed by atoms with Crippen molar-refractivity contribution in [2.24, 2.45) is 0 Å². The van der Waals surface area contributed by atoms with Crippen LogP contribution in [0.15, 0.2) is 77.3 Å². The Kier molecular flexibility index (Phi) is 7.33. The highest BCUT2D eigenvalue weighted by Gasteiger charge is 2.12. The molecule has 5 nitrogen and oxygen atoms in total. The van der Waals surface area contributed by atoms with Crippen molar-refractivity contribution in [1.82, 2.24) is 14.8 Å². The van der Waals surface area contributed by atoms with E-state index in [0.29, 0.717) is 6.54 Å². The van der Waals surface area contributed by atoms with Gasteiger partial charge in [-0.2, -0.15) is 0 Å². The van der Waals surface area contributed by atoms with Crippen LogP contribution < -0.4 is 5.32 Å². The number of benzene rings is 2. The van der Waals surface area contributed by atoms with Crippen molar-refractivity contribution in [2.75, 3.05) is 11.1 Å². The van der Waals surface area contributed by atoms with E-state index in [9.17, 15) is 4.79 Å². The average molecular weight is 411 g/mol. The number of nitrogens with zero attached hydrogens (tertiary/aromatic N) is 3. The molecule has 1 aromatic heterocycles. The summed E-state index contributed by atoms with van der Waals surface area (Å²) in [5, 5.41) is 12.0. The predicted molar refractivity (Wildman–Crippen MR) is 117 cm³/mol. The van der Waals surface area contributed by atoms with Crippen molar-refractivity contribution in [3.63, 3.8) is 0 Å². The molecule has 0 aliphatic rings. The lowest BCUT2D eigenvalue weighted by atomic mass is 10.2. The minimum absolute atomic E-state index is 0.0661. The van der Waals surface area contributed by atoms with E-state index in [-0.39, 0.29) is 11.7 Å². The number of para-hydroxylation sites is 1. The summed E-state index contributed by atoms with van der Waals surface area (Å²) >= 11 is 3.08. The van der Waals surface area contributed by atoms with Gasteiger partial charge in [0.1, 0.15) is 5.82 Å². The van der Waals surface area contributed by atoms with E-state index in [1.54, 1.807) is 17.8 Å². The highest BCUT2D eigenvalue weighted by molar-refractivity contribution is 7.99. The molecule has 3 rings (SSSR count). The van der Waals surface area contributed by atoms with Crippen LogP contribution in [-0.2, 0) is 17.1 Å². The number of carbonyl (C=O) groups excluding carboxylic acids is 1. The largest absolute Gasteiger partial charge is 0.324 e. The summed E-state index contributed by atoms with van der Waals surface area (Å²) in [5.74, 6) is 1.87. The fraction of sp³-hybridized carbons (Fsp3) is 0.190. The fourth-order valence-electron chi connectivity index (χ4n) is 2.56. The third kappa shape index (κ3) is 5.50. The van der Waals surface area contributed by atoms with Crippen LogP contribution in [0.3, 0.4) is 0 Å². The summed E-state index contributed by atoms with van der Waals surface area (Å²) in [5.41, 5.74) is 2.08. The van der Waals surface area contributed by atoms with Gasteiger partial charge in [0.2, 0.25) is 5.91 Å². The van der Waals surface area contributed by atoms with Crippen LogP contribution in [0.2, 0.25) is 0 Å². The molecule has 3 aromatic rings. The Labute approximate surface area is 173 Å². The number of hydrogen-bond acceptors (Lipinski definition) is 5. The van der Waals surface area contributed by atoms with Gasteiger partial charge in [0.25, 0.3) is 0 Å². The molecule has 1 N–H and O–H groups in total. The van der Waals surface area contributed by atoms with Gasteiger partial charge in [-0.05, 0) is 24.6 Å². The Balaban J connectivity index is 1.59. The van der Waals surface area contributed by atoms with Gasteiger partial charge in [0.15, 0.2) is 5.16 Å². The molecule has 144 valence electrons. The molecule has 0 bridgehead atoms. The van der Waals surface area contributed by atoms with E-state index in [1.165, 1.54) is 17.3 Å². The molecule has 0 unspecified atom stereocenters. The second-order valence-corrected chi connectivity index (χ2v) is 8.00. The number of amides is 1. The molecule has 2 aromatic carbocycles. The number of thioether (sulfide) groups is 2. The topological polar surface area (TPSA) is 59.8 Å². The van der Waals surface area contributed by atoms with Gasteiger partial charge in [-0.1, -0.05) is 60.3 Å². The van der Waals surface area contributed by atoms with Crippen LogP contribution in [0.4, 0.5) is 5.69 Å². The maximum absolute atomic E-state index is 12.5. The average Bonchev–Trinajstić information content (AvgIpc) is 3.06. The summed E-state index contributed by atoms with van der Waals surface area (Å²) in [6.07, 6.45) is 1.79. The molecule has 0 saturated heterocycles. The molecule has 0 fully saturated rings. The zero-order valence-electron chi connectivity index (χ0n) is 15.7. The zero-order chi connectivity index (χ0) is 19.8. The monoisotopic (exact) mass is 410 g/mol. The molecule has 7 heteroatoms. The Hall–Kier alpha value is -2.51. The summed E-state index contributed by atoms with van der Waals surface area (Å²) < 4.78 is 1.94. The molecule has 0 atom stereocenters. The van der Waals surface area contributed by atoms with Crippen LogP contribution in [0.25, 0.3) is 0 Å². The maximum atomic E-state index is 12.5. The number of carbonyl (C=O) groups is 1. The summed E-state index contributed by atoms with van der Waals surface area (Å²) in [7, 11) is 0. The van der Waals surface area contributed by atoms with Crippen molar-refractivity contribution in [1.29, 1.82) is 0 Å². The van der Waals surface area contributed by atoms with Gasteiger partial charge in [-0.15, -0.1) is 28.5 Å². The van der Waals surface area contributed by atoms with Gasteiger partial charge in [-0.25, -0.2) is 0 Å². The number of hydrogen-bond donors (Lipinski definition) is 1. The van der Waals surface area contributed by atoms with Crippen LogP contribution in [0.5, 0.6) is 0 Å². The van der Waals surface area contributed by atoms with Crippen molar-refractivity contribution >= 4 is 35.1 Å². The Bertz CT molecular complexity index is 941. The van der Waals surface area contributed by atoms with E-state index in [1.807, 2.05) is 54.0 Å². The smallest absolute Gasteiger partial charge is 0.234 e. The lowest BCUT2D eigenvalue weighted by Crippen LogP contribution is -2.15. The molecule has 0 aliphatic carbocycles. The standard InChI is InChI=1S/C21H22N4OS2/c1-3-13-25-16(2)23-24-21(25)28-15-20(26)22-18-11-7-8-12-19(18)27-14-17-9-5-4-6-10-17/h3-12H,1,13-15H2,2H3,(H,22,26). The fourth-order valence-corrected chi connectivity index (χ4v) is 4.31. The summed E-state index contributed by atoms with van der Waals surface area (Å²) in [4.78, 5) is 13.5. The molecular weight excluding hydrogens is 388 g/mol. The Morgan fingerprint density at radius 2 is 1.86 bits per heavy atom. The highest BCUT2D eigenvalue weighted by Crippen LogP contribution is 2.30. The number of aryl methyl sites for hydroxylation is 1. The van der Waals surface area contributed by atoms with Gasteiger partial charge >= 0.3 is 0 Å². The van der Waals surface area contributed by atoms with Crippen molar-refractivity contribution in [3.05, 3.63) is 78.6 Å². The van der Waals surface area contributed by atoms with Gasteiger partial charge in [-0.3, -0.25) is 4.79 Å². The van der Waals surface area contributed by atoms with Crippen molar-refractivity contribution in [2.45, 2.75) is 29.3 Å². The third-order valence-corrected chi connectivity index (χ3v) is 6.06. The second-order valence-electron chi connectivity index (χ2n) is 6.04. The first kappa shape index (κ1) is 20.2.